The summed E-state index contributed by atoms with van der Waals surface area (Å²) in [6.45, 7) is 3.97. The van der Waals surface area contributed by atoms with Gasteiger partial charge in [-0.1, -0.05) is 45.2 Å². The Hall–Kier alpha value is -2.94. The van der Waals surface area contributed by atoms with Gasteiger partial charge in [0.05, 0.1) is 38.0 Å². The summed E-state index contributed by atoms with van der Waals surface area (Å²) in [5.41, 5.74) is 9.22. The van der Waals surface area contributed by atoms with Crippen molar-refractivity contribution in [2.75, 3.05) is 10.7 Å². The van der Waals surface area contributed by atoms with E-state index in [4.69, 9.17) is 27.9 Å². The van der Waals surface area contributed by atoms with Gasteiger partial charge in [0.15, 0.2) is 0 Å². The maximum absolute atomic E-state index is 13.1. The molecule has 4 aromatic rings. The molecule has 1 aromatic heterocycles. The van der Waals surface area contributed by atoms with E-state index in [1.807, 2.05) is 38.1 Å². The van der Waals surface area contributed by atoms with Gasteiger partial charge in [-0.05, 0) is 56.3 Å². The van der Waals surface area contributed by atoms with Crippen molar-refractivity contribution in [3.63, 3.8) is 0 Å². The van der Waals surface area contributed by atoms with Gasteiger partial charge < -0.3 is 15.0 Å². The maximum atomic E-state index is 13.1. The van der Waals surface area contributed by atoms with Gasteiger partial charge in [0, 0.05) is 16.5 Å². The maximum Gasteiger partial charge on any atom is 0.273 e. The molecule has 0 radical (unpaired) electrons. The lowest BCUT2D eigenvalue weighted by Crippen LogP contribution is -2.30. The lowest BCUT2D eigenvalue weighted by Gasteiger charge is -2.18. The first-order valence-electron chi connectivity index (χ1n) is 10.5. The number of carbonyl (C=O) groups excluding carboxylic acids is 1. The van der Waals surface area contributed by atoms with E-state index in [2.05, 4.69) is 42.1 Å². The van der Waals surface area contributed by atoms with Crippen molar-refractivity contribution in [3.8, 4) is 5.75 Å². The summed E-state index contributed by atoms with van der Waals surface area (Å²) in [5, 5.41) is 4.10. The van der Waals surface area contributed by atoms with E-state index in [0.29, 0.717) is 44.9 Å². The van der Waals surface area contributed by atoms with E-state index in [1.54, 1.807) is 24.3 Å². The highest BCUT2D eigenvalue weighted by molar-refractivity contribution is 9.10. The number of anilines is 3. The minimum absolute atomic E-state index is 0.328. The molecule has 7 nitrogen and oxygen atoms in total. The van der Waals surface area contributed by atoms with Crippen LogP contribution in [-0.2, 0) is 6.42 Å². The minimum Gasteiger partial charge on any atom is -0.486 e. The van der Waals surface area contributed by atoms with Gasteiger partial charge in [-0.3, -0.25) is 15.6 Å². The van der Waals surface area contributed by atoms with E-state index in [9.17, 15) is 4.79 Å². The monoisotopic (exact) mass is 559 g/mol. The van der Waals surface area contributed by atoms with Crippen molar-refractivity contribution >= 4 is 73.4 Å². The molecule has 0 aliphatic carbocycles. The van der Waals surface area contributed by atoms with E-state index in [-0.39, 0.29) is 5.91 Å². The highest BCUT2D eigenvalue weighted by atomic mass is 79.9. The van der Waals surface area contributed by atoms with Crippen LogP contribution in [0.1, 0.15) is 29.8 Å². The second-order valence-corrected chi connectivity index (χ2v) is 10.3. The number of halogens is 3. The third kappa shape index (κ3) is 4.41. The fraction of sp³-hybridized carbons (Fsp3) is 0.167. The summed E-state index contributed by atoms with van der Waals surface area (Å²) in [6, 6.07) is 14.4. The molecule has 2 heterocycles. The molecule has 1 aliphatic rings. The fourth-order valence-corrected chi connectivity index (χ4v) is 4.67. The predicted molar refractivity (Wildman–Crippen MR) is 139 cm³/mol. The molecule has 10 heteroatoms. The second-order valence-electron chi connectivity index (χ2n) is 8.56. The molecule has 5 rings (SSSR count). The molecule has 0 unspecified atom stereocenters. The molecular formula is C24H20BrCl2N5O2. The second kappa shape index (κ2) is 8.69. The van der Waals surface area contributed by atoms with Crippen molar-refractivity contribution in [2.24, 2.45) is 0 Å². The molecule has 174 valence electrons. The fourth-order valence-electron chi connectivity index (χ4n) is 3.92. The van der Waals surface area contributed by atoms with Crippen LogP contribution in [0.3, 0.4) is 0 Å². The Morgan fingerprint density at radius 2 is 1.85 bits per heavy atom. The average Bonchev–Trinajstić information content (AvgIpc) is 3.34. The number of imidazole rings is 1. The van der Waals surface area contributed by atoms with Gasteiger partial charge in [0.1, 0.15) is 11.4 Å². The molecular weight excluding hydrogens is 541 g/mol. The van der Waals surface area contributed by atoms with Crippen LogP contribution in [-0.4, -0.2) is 21.5 Å². The van der Waals surface area contributed by atoms with Crippen LogP contribution in [0, 0.1) is 0 Å². The van der Waals surface area contributed by atoms with Gasteiger partial charge in [0.25, 0.3) is 5.91 Å². The number of carbonyl (C=O) groups is 1. The Morgan fingerprint density at radius 1 is 1.15 bits per heavy atom. The number of hydrogen-bond donors (Lipinski definition) is 4. The van der Waals surface area contributed by atoms with Gasteiger partial charge in [0.2, 0.25) is 5.95 Å². The zero-order valence-corrected chi connectivity index (χ0v) is 21.3. The molecule has 0 saturated carbocycles. The molecule has 4 N–H and O–H groups in total. The zero-order valence-electron chi connectivity index (χ0n) is 18.2. The lowest BCUT2D eigenvalue weighted by atomic mass is 9.99. The molecule has 1 aliphatic heterocycles. The van der Waals surface area contributed by atoms with Crippen molar-refractivity contribution in [2.45, 2.75) is 25.9 Å². The van der Waals surface area contributed by atoms with Gasteiger partial charge in [-0.25, -0.2) is 4.98 Å². The summed E-state index contributed by atoms with van der Waals surface area (Å²) >= 11 is 16.0. The van der Waals surface area contributed by atoms with Gasteiger partial charge in [-0.2, -0.15) is 0 Å². The van der Waals surface area contributed by atoms with E-state index in [0.717, 1.165) is 21.2 Å². The highest BCUT2D eigenvalue weighted by Gasteiger charge is 2.36. The number of nitrogens with zero attached hydrogens (tertiary/aromatic N) is 1. The highest BCUT2D eigenvalue weighted by Crippen LogP contribution is 2.42. The van der Waals surface area contributed by atoms with Crippen LogP contribution in [0.15, 0.2) is 53.0 Å². The number of hydrazine groups is 1. The number of fused-ring (bicyclic) bond motifs is 3. The Labute approximate surface area is 214 Å². The quantitative estimate of drug-likeness (QED) is 0.200. The van der Waals surface area contributed by atoms with E-state index >= 15 is 0 Å². The number of rotatable bonds is 5. The van der Waals surface area contributed by atoms with Crippen molar-refractivity contribution in [1.82, 2.24) is 15.4 Å². The molecule has 0 saturated heterocycles. The molecule has 1 amide bonds. The van der Waals surface area contributed by atoms with Crippen molar-refractivity contribution in [1.29, 1.82) is 0 Å². The summed E-state index contributed by atoms with van der Waals surface area (Å²) < 4.78 is 7.13. The van der Waals surface area contributed by atoms with Crippen LogP contribution in [0.2, 0.25) is 10.0 Å². The van der Waals surface area contributed by atoms with Gasteiger partial charge >= 0.3 is 0 Å². The normalized spacial score (nSPS) is 13.9. The number of aromatic amines is 1. The van der Waals surface area contributed by atoms with Gasteiger partial charge in [-0.15, -0.1) is 0 Å². The number of benzene rings is 3. The lowest BCUT2D eigenvalue weighted by molar-refractivity contribution is 0.0948. The SMILES string of the molecule is CC1(C)Cc2c(c(C(=O)NNc3ccc(Br)cc3)cc3nc(Nc4c(Cl)cccc4Cl)[nH]c23)O1. The largest absolute Gasteiger partial charge is 0.486 e. The molecule has 34 heavy (non-hydrogen) atoms. The van der Waals surface area contributed by atoms with Crippen LogP contribution < -0.4 is 20.9 Å². The minimum atomic E-state index is -0.463. The Balaban J connectivity index is 1.50. The Morgan fingerprint density at radius 3 is 2.56 bits per heavy atom. The Kier molecular flexibility index (Phi) is 5.83. The first-order chi connectivity index (χ1) is 16.2. The van der Waals surface area contributed by atoms with Crippen LogP contribution in [0.25, 0.3) is 11.0 Å². The van der Waals surface area contributed by atoms with Crippen LogP contribution in [0.5, 0.6) is 5.75 Å². The Bertz CT molecular complexity index is 1400. The first-order valence-corrected chi connectivity index (χ1v) is 12.0. The number of aromatic nitrogens is 2. The molecule has 0 atom stereocenters. The third-order valence-electron chi connectivity index (χ3n) is 5.43. The first kappa shape index (κ1) is 22.8. The van der Waals surface area contributed by atoms with Crippen LogP contribution in [0.4, 0.5) is 17.3 Å². The predicted octanol–water partition coefficient (Wildman–Crippen LogP) is 6.85. The summed E-state index contributed by atoms with van der Waals surface area (Å²) in [4.78, 5) is 21.1. The topological polar surface area (TPSA) is 91.1 Å². The third-order valence-corrected chi connectivity index (χ3v) is 6.59. The van der Waals surface area contributed by atoms with E-state index in [1.165, 1.54) is 0 Å². The average molecular weight is 561 g/mol. The summed E-state index contributed by atoms with van der Waals surface area (Å²) in [7, 11) is 0. The van der Waals surface area contributed by atoms with Crippen LogP contribution >= 0.6 is 39.1 Å². The molecule has 3 aromatic carbocycles. The summed E-state index contributed by atoms with van der Waals surface area (Å²) in [5.74, 6) is 0.673. The number of H-pyrrole nitrogens is 1. The van der Waals surface area contributed by atoms with Crippen molar-refractivity contribution < 1.29 is 9.53 Å². The molecule has 0 fully saturated rings. The number of ether oxygens (including phenoxy) is 1. The summed E-state index contributed by atoms with van der Waals surface area (Å²) in [6.07, 6.45) is 0.620. The van der Waals surface area contributed by atoms with E-state index < -0.39 is 5.60 Å². The van der Waals surface area contributed by atoms with Crippen molar-refractivity contribution in [3.05, 3.63) is 74.2 Å². The zero-order chi connectivity index (χ0) is 24.0. The standard InChI is InChI=1S/C24H20BrCl2N5O2/c1-24(2)11-15-19-18(28-23(29-19)30-20-16(26)4-3-5-17(20)27)10-14(21(15)34-24)22(33)32-31-13-8-6-12(25)7-9-13/h3-10,31H,11H2,1-2H3,(H,32,33)(H2,28,29,30). The number of amides is 1. The number of nitrogens with one attached hydrogen (secondary N) is 4. The molecule has 0 spiro atoms. The number of hydrogen-bond acceptors (Lipinski definition) is 5. The number of para-hydroxylation sites is 1. The smallest absolute Gasteiger partial charge is 0.273 e. The molecule has 0 bridgehead atoms.